The second-order valence-electron chi connectivity index (χ2n) is 5.22. The van der Waals surface area contributed by atoms with E-state index >= 15 is 0 Å². The molecule has 1 unspecified atom stereocenters. The van der Waals surface area contributed by atoms with E-state index in [0.29, 0.717) is 27.6 Å². The first kappa shape index (κ1) is 14.4. The first-order valence-electron chi connectivity index (χ1n) is 6.75. The largest absolute Gasteiger partial charge is 0.327 e. The van der Waals surface area contributed by atoms with Crippen LogP contribution in [0.15, 0.2) is 29.5 Å². The molecule has 0 saturated carbocycles. The smallest absolute Gasteiger partial charge is 0.322 e. The molecule has 2 amide bonds. The van der Waals surface area contributed by atoms with Gasteiger partial charge in [0.25, 0.3) is 0 Å². The maximum Gasteiger partial charge on any atom is 0.322 e. The molecule has 0 radical (unpaired) electrons. The van der Waals surface area contributed by atoms with Crippen molar-refractivity contribution in [3.05, 3.63) is 45.1 Å². The highest BCUT2D eigenvalue weighted by Gasteiger charge is 2.38. The van der Waals surface area contributed by atoms with Crippen molar-refractivity contribution in [2.75, 3.05) is 7.05 Å². The van der Waals surface area contributed by atoms with Gasteiger partial charge in [0.1, 0.15) is 0 Å². The number of carbonyl (C=O) groups is 2. The van der Waals surface area contributed by atoms with Crippen LogP contribution < -0.4 is 5.32 Å². The summed E-state index contributed by atoms with van der Waals surface area (Å²) in [7, 11) is 1.68. The monoisotopic (exact) mass is 324 g/mol. The number of Topliss-reactive ketones (excluding diaryl/α,β-unsaturated/α-hetero) is 1. The molecule has 21 heavy (non-hydrogen) atoms. The van der Waals surface area contributed by atoms with Crippen LogP contribution in [0.1, 0.15) is 30.9 Å². The highest BCUT2D eigenvalue weighted by molar-refractivity contribution is 6.42. The first-order valence-corrected chi connectivity index (χ1v) is 7.50. The molecule has 0 spiro atoms. The molecule has 0 fully saturated rings. The standard InChI is InChI=1S/C15H14Cl2N2O2/c1-19-10-6-3-7-11(20)12(10)14(18-15(19)21)8-4-2-5-9(16)13(8)17/h2,4-5,14H,3,6-7H2,1H3,(H,18,21). The van der Waals surface area contributed by atoms with E-state index in [1.807, 2.05) is 0 Å². The van der Waals surface area contributed by atoms with Crippen molar-refractivity contribution in [1.29, 1.82) is 0 Å². The summed E-state index contributed by atoms with van der Waals surface area (Å²) in [6.07, 6.45) is 1.99. The summed E-state index contributed by atoms with van der Waals surface area (Å²) in [5, 5.41) is 3.63. The Bertz CT molecular complexity index is 670. The molecule has 0 aromatic heterocycles. The summed E-state index contributed by atoms with van der Waals surface area (Å²) in [6.45, 7) is 0. The number of halogens is 2. The Kier molecular flexibility index (Phi) is 3.68. The zero-order valence-corrected chi connectivity index (χ0v) is 13.0. The zero-order chi connectivity index (χ0) is 15.1. The number of carbonyl (C=O) groups excluding carboxylic acids is 2. The fourth-order valence-electron chi connectivity index (χ4n) is 2.91. The number of urea groups is 1. The van der Waals surface area contributed by atoms with Gasteiger partial charge in [-0.1, -0.05) is 35.3 Å². The molecule has 4 nitrogen and oxygen atoms in total. The molecular weight excluding hydrogens is 311 g/mol. The Morgan fingerprint density at radius 3 is 2.76 bits per heavy atom. The van der Waals surface area contributed by atoms with E-state index in [1.165, 1.54) is 4.90 Å². The number of allylic oxidation sites excluding steroid dienone is 1. The van der Waals surface area contributed by atoms with E-state index < -0.39 is 6.04 Å². The van der Waals surface area contributed by atoms with Crippen LogP contribution in [-0.2, 0) is 4.79 Å². The molecule has 1 atom stereocenters. The molecule has 1 heterocycles. The summed E-state index contributed by atoms with van der Waals surface area (Å²) >= 11 is 12.3. The van der Waals surface area contributed by atoms with Crippen LogP contribution in [-0.4, -0.2) is 23.8 Å². The number of hydrogen-bond donors (Lipinski definition) is 1. The molecule has 0 bridgehead atoms. The van der Waals surface area contributed by atoms with Gasteiger partial charge in [0, 0.05) is 24.7 Å². The van der Waals surface area contributed by atoms with Crippen molar-refractivity contribution >= 4 is 35.0 Å². The van der Waals surface area contributed by atoms with Crippen LogP contribution in [0, 0.1) is 0 Å². The SMILES string of the molecule is CN1C(=O)NC(c2cccc(Cl)c2Cl)C2=C1CCCC2=O. The molecule has 1 aromatic rings. The Morgan fingerprint density at radius 2 is 2.00 bits per heavy atom. The number of amides is 2. The fraction of sp³-hybridized carbons (Fsp3) is 0.333. The Morgan fingerprint density at radius 1 is 1.24 bits per heavy atom. The third-order valence-corrected chi connectivity index (χ3v) is 4.82. The van der Waals surface area contributed by atoms with Gasteiger partial charge in [0.05, 0.1) is 16.1 Å². The van der Waals surface area contributed by atoms with Crippen LogP contribution in [0.3, 0.4) is 0 Å². The quantitative estimate of drug-likeness (QED) is 0.856. The molecule has 3 rings (SSSR count). The van der Waals surface area contributed by atoms with E-state index in [9.17, 15) is 9.59 Å². The average molecular weight is 325 g/mol. The van der Waals surface area contributed by atoms with E-state index in [-0.39, 0.29) is 11.8 Å². The molecule has 2 aliphatic rings. The molecule has 0 saturated heterocycles. The summed E-state index contributed by atoms with van der Waals surface area (Å²) in [4.78, 5) is 26.0. The van der Waals surface area contributed by atoms with Crippen molar-refractivity contribution in [2.45, 2.75) is 25.3 Å². The minimum atomic E-state index is -0.525. The molecule has 1 aliphatic heterocycles. The molecule has 110 valence electrons. The number of hydrogen-bond acceptors (Lipinski definition) is 2. The molecular formula is C15H14Cl2N2O2. The normalized spacial score (nSPS) is 22.2. The third-order valence-electron chi connectivity index (χ3n) is 3.99. The Labute approximate surface area is 132 Å². The number of nitrogens with zero attached hydrogens (tertiary/aromatic N) is 1. The van der Waals surface area contributed by atoms with Crippen LogP contribution in [0.25, 0.3) is 0 Å². The van der Waals surface area contributed by atoms with Crippen LogP contribution >= 0.6 is 23.2 Å². The predicted octanol–water partition coefficient (Wildman–Crippen LogP) is 3.70. The predicted molar refractivity (Wildman–Crippen MR) is 81.4 cm³/mol. The lowest BCUT2D eigenvalue weighted by Crippen LogP contribution is -2.47. The third kappa shape index (κ3) is 2.32. The van der Waals surface area contributed by atoms with Crippen molar-refractivity contribution in [2.24, 2.45) is 0 Å². The Balaban J connectivity index is 2.17. The number of rotatable bonds is 1. The number of ketones is 1. The average Bonchev–Trinajstić information content (AvgIpc) is 2.46. The van der Waals surface area contributed by atoms with E-state index in [2.05, 4.69) is 5.32 Å². The lowest BCUT2D eigenvalue weighted by atomic mass is 9.85. The van der Waals surface area contributed by atoms with Crippen molar-refractivity contribution < 1.29 is 9.59 Å². The fourth-order valence-corrected chi connectivity index (χ4v) is 3.33. The number of benzene rings is 1. The highest BCUT2D eigenvalue weighted by atomic mass is 35.5. The van der Waals surface area contributed by atoms with Crippen molar-refractivity contribution in [3.63, 3.8) is 0 Å². The van der Waals surface area contributed by atoms with E-state index in [0.717, 1.165) is 18.5 Å². The minimum Gasteiger partial charge on any atom is -0.327 e. The first-order chi connectivity index (χ1) is 10.0. The van der Waals surface area contributed by atoms with Gasteiger partial charge in [-0.3, -0.25) is 4.79 Å². The number of nitrogens with one attached hydrogen (secondary N) is 1. The summed E-state index contributed by atoms with van der Waals surface area (Å²) < 4.78 is 0. The topological polar surface area (TPSA) is 49.4 Å². The minimum absolute atomic E-state index is 0.0594. The lowest BCUT2D eigenvalue weighted by Gasteiger charge is -2.37. The second kappa shape index (κ2) is 5.35. The maximum atomic E-state index is 12.3. The second-order valence-corrected chi connectivity index (χ2v) is 6.01. The molecule has 1 aromatic carbocycles. The van der Waals surface area contributed by atoms with Gasteiger partial charge >= 0.3 is 6.03 Å². The molecule has 1 N–H and O–H groups in total. The summed E-state index contributed by atoms with van der Waals surface area (Å²) in [5.41, 5.74) is 2.08. The van der Waals surface area contributed by atoms with Crippen LogP contribution in [0.2, 0.25) is 10.0 Å². The van der Waals surface area contributed by atoms with Gasteiger partial charge in [-0.2, -0.15) is 0 Å². The maximum absolute atomic E-state index is 12.3. The molecule has 1 aliphatic carbocycles. The van der Waals surface area contributed by atoms with Gasteiger partial charge in [0.2, 0.25) is 0 Å². The van der Waals surface area contributed by atoms with Crippen molar-refractivity contribution in [1.82, 2.24) is 10.2 Å². The van der Waals surface area contributed by atoms with Crippen LogP contribution in [0.5, 0.6) is 0 Å². The summed E-state index contributed by atoms with van der Waals surface area (Å²) in [6, 6.07) is 4.48. The van der Waals surface area contributed by atoms with Crippen molar-refractivity contribution in [3.8, 4) is 0 Å². The van der Waals surface area contributed by atoms with E-state index in [4.69, 9.17) is 23.2 Å². The van der Waals surface area contributed by atoms with Gasteiger partial charge in [-0.05, 0) is 24.5 Å². The van der Waals surface area contributed by atoms with Gasteiger partial charge in [-0.25, -0.2) is 4.79 Å². The van der Waals surface area contributed by atoms with Gasteiger partial charge in [0.15, 0.2) is 5.78 Å². The zero-order valence-electron chi connectivity index (χ0n) is 11.5. The van der Waals surface area contributed by atoms with E-state index in [1.54, 1.807) is 25.2 Å². The summed E-state index contributed by atoms with van der Waals surface area (Å²) in [5.74, 6) is 0.0594. The lowest BCUT2D eigenvalue weighted by molar-refractivity contribution is -0.116. The van der Waals surface area contributed by atoms with Crippen LogP contribution in [0.4, 0.5) is 4.79 Å². The molecule has 6 heteroatoms. The Hall–Kier alpha value is -1.52. The van der Waals surface area contributed by atoms with Gasteiger partial charge in [-0.15, -0.1) is 0 Å². The van der Waals surface area contributed by atoms with Gasteiger partial charge < -0.3 is 10.2 Å². The highest BCUT2D eigenvalue weighted by Crippen LogP contribution is 2.40.